The van der Waals surface area contributed by atoms with Crippen molar-refractivity contribution < 1.29 is 4.79 Å². The zero-order valence-electron chi connectivity index (χ0n) is 11.3. The normalized spacial score (nSPS) is 14.9. The van der Waals surface area contributed by atoms with Crippen molar-refractivity contribution in [2.24, 2.45) is 5.73 Å². The number of carbonyl (C=O) groups is 1. The van der Waals surface area contributed by atoms with Crippen molar-refractivity contribution in [1.29, 1.82) is 0 Å². The van der Waals surface area contributed by atoms with Crippen LogP contribution in [-0.2, 0) is 4.79 Å². The summed E-state index contributed by atoms with van der Waals surface area (Å²) in [5.41, 5.74) is 5.51. The fourth-order valence-corrected chi connectivity index (χ4v) is 2.18. The van der Waals surface area contributed by atoms with E-state index in [0.29, 0.717) is 18.5 Å². The molecular weight excluding hydrogens is 212 g/mol. The van der Waals surface area contributed by atoms with Gasteiger partial charge >= 0.3 is 0 Å². The highest BCUT2D eigenvalue weighted by molar-refractivity contribution is 5.76. The average molecular weight is 240 g/mol. The van der Waals surface area contributed by atoms with Crippen LogP contribution in [0.1, 0.15) is 64.7 Å². The number of hydrogen-bond donors (Lipinski definition) is 1. The fourth-order valence-electron chi connectivity index (χ4n) is 2.18. The first-order valence-electron chi connectivity index (χ1n) is 7.29. The quantitative estimate of drug-likeness (QED) is 0.597. The van der Waals surface area contributed by atoms with Crippen LogP contribution in [0.4, 0.5) is 0 Å². The molecule has 1 aliphatic carbocycles. The molecule has 0 aliphatic heterocycles. The minimum absolute atomic E-state index is 0.359. The molecule has 2 N–H and O–H groups in total. The molecule has 0 aromatic heterocycles. The van der Waals surface area contributed by atoms with Crippen LogP contribution >= 0.6 is 0 Å². The average Bonchev–Trinajstić information content (AvgIpc) is 3.14. The second-order valence-corrected chi connectivity index (χ2v) is 5.12. The van der Waals surface area contributed by atoms with E-state index in [1.165, 1.54) is 38.5 Å². The van der Waals surface area contributed by atoms with Gasteiger partial charge in [0.25, 0.3) is 0 Å². The Labute approximate surface area is 106 Å². The molecule has 0 heterocycles. The van der Waals surface area contributed by atoms with Crippen LogP contribution in [0.2, 0.25) is 0 Å². The summed E-state index contributed by atoms with van der Waals surface area (Å²) >= 11 is 0. The van der Waals surface area contributed by atoms with E-state index >= 15 is 0 Å². The molecule has 0 radical (unpaired) electrons. The predicted octanol–water partition coefficient (Wildman–Crippen LogP) is 2.69. The van der Waals surface area contributed by atoms with E-state index in [-0.39, 0.29) is 0 Å². The predicted molar refractivity (Wildman–Crippen MR) is 71.8 cm³/mol. The molecule has 100 valence electrons. The molecule has 17 heavy (non-hydrogen) atoms. The minimum Gasteiger partial charge on any atom is -0.340 e. The van der Waals surface area contributed by atoms with E-state index in [9.17, 15) is 4.79 Å². The van der Waals surface area contributed by atoms with Crippen LogP contribution in [0.5, 0.6) is 0 Å². The maximum atomic E-state index is 12.0. The summed E-state index contributed by atoms with van der Waals surface area (Å²) in [5, 5.41) is 0. The fraction of sp³-hybridized carbons (Fsp3) is 0.929. The first-order valence-corrected chi connectivity index (χ1v) is 7.29. The lowest BCUT2D eigenvalue weighted by Gasteiger charge is -2.22. The van der Waals surface area contributed by atoms with Crippen LogP contribution < -0.4 is 5.73 Å². The van der Waals surface area contributed by atoms with Gasteiger partial charge in [0.15, 0.2) is 0 Å². The Kier molecular flexibility index (Phi) is 7.25. The Morgan fingerprint density at radius 3 is 2.47 bits per heavy atom. The van der Waals surface area contributed by atoms with Gasteiger partial charge in [0, 0.05) is 19.0 Å². The summed E-state index contributed by atoms with van der Waals surface area (Å²) in [6.07, 6.45) is 10.2. The molecule has 0 aromatic rings. The number of rotatable bonds is 10. The van der Waals surface area contributed by atoms with Crippen LogP contribution in [0, 0.1) is 0 Å². The highest BCUT2D eigenvalue weighted by atomic mass is 16.2. The van der Waals surface area contributed by atoms with Gasteiger partial charge in [-0.1, -0.05) is 32.6 Å². The molecule has 0 bridgehead atoms. The van der Waals surface area contributed by atoms with Gasteiger partial charge < -0.3 is 10.6 Å². The Morgan fingerprint density at radius 2 is 1.88 bits per heavy atom. The van der Waals surface area contributed by atoms with Gasteiger partial charge in [0.1, 0.15) is 0 Å². The van der Waals surface area contributed by atoms with E-state index in [0.717, 1.165) is 25.8 Å². The lowest BCUT2D eigenvalue weighted by molar-refractivity contribution is -0.131. The molecule has 1 rings (SSSR count). The minimum atomic E-state index is 0.359. The second kappa shape index (κ2) is 8.51. The van der Waals surface area contributed by atoms with Crippen molar-refractivity contribution in [2.75, 3.05) is 13.1 Å². The summed E-state index contributed by atoms with van der Waals surface area (Å²) < 4.78 is 0. The maximum Gasteiger partial charge on any atom is 0.222 e. The third-order valence-electron chi connectivity index (χ3n) is 3.41. The molecule has 1 fully saturated rings. The topological polar surface area (TPSA) is 46.3 Å². The Hall–Kier alpha value is -0.570. The first kappa shape index (κ1) is 14.5. The summed E-state index contributed by atoms with van der Waals surface area (Å²) in [7, 11) is 0. The van der Waals surface area contributed by atoms with Crippen LogP contribution in [-0.4, -0.2) is 29.9 Å². The summed E-state index contributed by atoms with van der Waals surface area (Å²) in [4.78, 5) is 14.1. The molecule has 1 aliphatic rings. The van der Waals surface area contributed by atoms with Crippen molar-refractivity contribution in [1.82, 2.24) is 4.90 Å². The van der Waals surface area contributed by atoms with Crippen LogP contribution in [0.15, 0.2) is 0 Å². The van der Waals surface area contributed by atoms with E-state index in [1.807, 2.05) is 0 Å². The van der Waals surface area contributed by atoms with E-state index in [2.05, 4.69) is 11.8 Å². The molecule has 1 saturated carbocycles. The van der Waals surface area contributed by atoms with Gasteiger partial charge in [-0.2, -0.15) is 0 Å². The molecule has 1 amide bonds. The highest BCUT2D eigenvalue weighted by Crippen LogP contribution is 2.27. The Morgan fingerprint density at radius 1 is 1.18 bits per heavy atom. The molecule has 0 aromatic carbocycles. The maximum absolute atomic E-state index is 12.0. The zero-order valence-corrected chi connectivity index (χ0v) is 11.3. The van der Waals surface area contributed by atoms with E-state index in [1.54, 1.807) is 0 Å². The van der Waals surface area contributed by atoms with Crippen molar-refractivity contribution in [3.05, 3.63) is 0 Å². The third-order valence-corrected chi connectivity index (χ3v) is 3.41. The summed E-state index contributed by atoms with van der Waals surface area (Å²) in [5.74, 6) is 0.359. The molecular formula is C14H28N2O. The monoisotopic (exact) mass is 240 g/mol. The second-order valence-electron chi connectivity index (χ2n) is 5.12. The van der Waals surface area contributed by atoms with Gasteiger partial charge in [0.05, 0.1) is 0 Å². The van der Waals surface area contributed by atoms with Crippen LogP contribution in [0.3, 0.4) is 0 Å². The molecule has 0 unspecified atom stereocenters. The van der Waals surface area contributed by atoms with Crippen molar-refractivity contribution in [2.45, 2.75) is 70.8 Å². The van der Waals surface area contributed by atoms with E-state index in [4.69, 9.17) is 5.73 Å². The summed E-state index contributed by atoms with van der Waals surface area (Å²) in [6, 6.07) is 0.546. The van der Waals surface area contributed by atoms with Crippen molar-refractivity contribution in [3.63, 3.8) is 0 Å². The van der Waals surface area contributed by atoms with Gasteiger partial charge in [-0.05, 0) is 32.2 Å². The summed E-state index contributed by atoms with van der Waals surface area (Å²) in [6.45, 7) is 3.77. The highest BCUT2D eigenvalue weighted by Gasteiger charge is 2.31. The number of unbranched alkanes of at least 4 members (excludes halogenated alkanes) is 4. The first-order chi connectivity index (χ1) is 8.29. The van der Waals surface area contributed by atoms with Gasteiger partial charge in [0.2, 0.25) is 5.91 Å². The van der Waals surface area contributed by atoms with Gasteiger partial charge in [-0.25, -0.2) is 0 Å². The number of carbonyl (C=O) groups excluding carboxylic acids is 1. The van der Waals surface area contributed by atoms with Crippen LogP contribution in [0.25, 0.3) is 0 Å². The largest absolute Gasteiger partial charge is 0.340 e. The van der Waals surface area contributed by atoms with Crippen molar-refractivity contribution in [3.8, 4) is 0 Å². The van der Waals surface area contributed by atoms with E-state index < -0.39 is 0 Å². The number of amides is 1. The standard InChI is InChI=1S/C14H28N2O/c1-2-3-4-5-6-8-14(17)16(12-7-11-15)13-9-10-13/h13H,2-12,15H2,1H3. The SMILES string of the molecule is CCCCCCCC(=O)N(CCCN)C1CC1. The van der Waals surface area contributed by atoms with Gasteiger partial charge in [-0.3, -0.25) is 4.79 Å². The lowest BCUT2D eigenvalue weighted by atomic mass is 10.1. The number of nitrogens with zero attached hydrogens (tertiary/aromatic N) is 1. The Balaban J connectivity index is 2.13. The zero-order chi connectivity index (χ0) is 12.5. The molecule has 0 atom stereocenters. The number of nitrogens with two attached hydrogens (primary N) is 1. The Bertz CT molecular complexity index is 214. The molecule has 3 heteroatoms. The molecule has 0 spiro atoms. The molecule has 0 saturated heterocycles. The third kappa shape index (κ3) is 6.06. The lowest BCUT2D eigenvalue weighted by Crippen LogP contribution is -2.34. The molecule has 3 nitrogen and oxygen atoms in total. The van der Waals surface area contributed by atoms with Crippen molar-refractivity contribution >= 4 is 5.91 Å². The smallest absolute Gasteiger partial charge is 0.222 e. The van der Waals surface area contributed by atoms with Gasteiger partial charge in [-0.15, -0.1) is 0 Å². The number of hydrogen-bond acceptors (Lipinski definition) is 2.